The highest BCUT2D eigenvalue weighted by atomic mass is 79.9. The van der Waals surface area contributed by atoms with E-state index in [9.17, 15) is 0 Å². The van der Waals surface area contributed by atoms with Crippen LogP contribution in [0.1, 0.15) is 18.3 Å². The second kappa shape index (κ2) is 5.76. The minimum Gasteiger partial charge on any atom is -0.487 e. The van der Waals surface area contributed by atoms with Crippen LogP contribution in [0.3, 0.4) is 0 Å². The molecule has 0 saturated heterocycles. The number of aromatic nitrogens is 2. The molecule has 0 spiro atoms. The van der Waals surface area contributed by atoms with E-state index in [0.717, 1.165) is 28.2 Å². The molecule has 0 aliphatic heterocycles. The molecular formula is C13H14BrClN2O. The summed E-state index contributed by atoms with van der Waals surface area (Å²) in [7, 11) is 0. The van der Waals surface area contributed by atoms with E-state index in [0.29, 0.717) is 11.6 Å². The fourth-order valence-corrected chi connectivity index (χ4v) is 2.14. The van der Waals surface area contributed by atoms with Crippen molar-refractivity contribution in [2.75, 3.05) is 0 Å². The summed E-state index contributed by atoms with van der Waals surface area (Å²) < 4.78 is 8.62. The Hall–Kier alpha value is -1.000. The molecule has 2 rings (SSSR count). The van der Waals surface area contributed by atoms with Gasteiger partial charge in [-0.2, -0.15) is 5.10 Å². The number of nitrogens with zero attached hydrogens (tertiary/aromatic N) is 2. The molecule has 5 heteroatoms. The molecule has 0 fully saturated rings. The highest BCUT2D eigenvalue weighted by Gasteiger charge is 2.12. The Morgan fingerprint density at radius 3 is 2.61 bits per heavy atom. The zero-order valence-corrected chi connectivity index (χ0v) is 12.6. The summed E-state index contributed by atoms with van der Waals surface area (Å²) in [6.07, 6.45) is 0. The van der Waals surface area contributed by atoms with Gasteiger partial charge in [0.1, 0.15) is 12.4 Å². The maximum Gasteiger partial charge on any atom is 0.131 e. The Balaban J connectivity index is 2.12. The molecule has 0 aliphatic carbocycles. The van der Waals surface area contributed by atoms with Crippen LogP contribution in [0.4, 0.5) is 0 Å². The van der Waals surface area contributed by atoms with Crippen molar-refractivity contribution in [3.05, 3.63) is 45.1 Å². The van der Waals surface area contributed by atoms with E-state index >= 15 is 0 Å². The molecule has 1 aromatic heterocycles. The minimum atomic E-state index is 0.426. The van der Waals surface area contributed by atoms with Crippen LogP contribution >= 0.6 is 27.5 Å². The quantitative estimate of drug-likeness (QED) is 0.840. The predicted octanol–water partition coefficient (Wildman–Crippen LogP) is 4.21. The molecule has 0 saturated carbocycles. The molecule has 0 N–H and O–H groups in total. The summed E-state index contributed by atoms with van der Waals surface area (Å²) in [6, 6.07) is 7.72. The van der Waals surface area contributed by atoms with E-state index < -0.39 is 0 Å². The average molecular weight is 330 g/mol. The molecule has 0 atom stereocenters. The average Bonchev–Trinajstić information content (AvgIpc) is 2.65. The Labute approximate surface area is 120 Å². The molecule has 0 bridgehead atoms. The third kappa shape index (κ3) is 2.87. The van der Waals surface area contributed by atoms with Gasteiger partial charge in [0.25, 0.3) is 0 Å². The Morgan fingerprint density at radius 1 is 1.33 bits per heavy atom. The summed E-state index contributed by atoms with van der Waals surface area (Å²) in [4.78, 5) is 0. The standard InChI is InChI=1S/C13H14BrClN2O/c1-3-17-12(13(15)9(2)16-17)8-18-11-6-4-10(14)5-7-11/h4-7H,3,8H2,1-2H3. The third-order valence-corrected chi connectivity index (χ3v) is 3.66. The van der Waals surface area contributed by atoms with Crippen LogP contribution in [0, 0.1) is 6.92 Å². The summed E-state index contributed by atoms with van der Waals surface area (Å²) in [5.41, 5.74) is 1.76. The highest BCUT2D eigenvalue weighted by molar-refractivity contribution is 9.10. The van der Waals surface area contributed by atoms with Gasteiger partial charge in [-0.05, 0) is 38.1 Å². The van der Waals surface area contributed by atoms with Gasteiger partial charge >= 0.3 is 0 Å². The van der Waals surface area contributed by atoms with Gasteiger partial charge in [-0.3, -0.25) is 4.68 Å². The van der Waals surface area contributed by atoms with Crippen molar-refractivity contribution in [1.82, 2.24) is 9.78 Å². The first-order valence-corrected chi connectivity index (χ1v) is 6.89. The van der Waals surface area contributed by atoms with Crippen molar-refractivity contribution in [1.29, 1.82) is 0 Å². The van der Waals surface area contributed by atoms with Gasteiger partial charge in [-0.15, -0.1) is 0 Å². The number of halogens is 2. The summed E-state index contributed by atoms with van der Waals surface area (Å²) in [5, 5.41) is 5.04. The molecule has 3 nitrogen and oxygen atoms in total. The number of benzene rings is 1. The van der Waals surface area contributed by atoms with E-state index in [1.54, 1.807) is 0 Å². The molecule has 0 unspecified atom stereocenters. The highest BCUT2D eigenvalue weighted by Crippen LogP contribution is 2.23. The number of aryl methyl sites for hydroxylation is 2. The summed E-state index contributed by atoms with van der Waals surface area (Å²) in [5.74, 6) is 0.816. The Morgan fingerprint density at radius 2 is 2.00 bits per heavy atom. The van der Waals surface area contributed by atoms with Gasteiger partial charge in [-0.1, -0.05) is 27.5 Å². The van der Waals surface area contributed by atoms with Crippen molar-refractivity contribution in [2.45, 2.75) is 27.0 Å². The Bertz CT molecular complexity index is 537. The molecule has 2 aromatic rings. The van der Waals surface area contributed by atoms with Crippen molar-refractivity contribution < 1.29 is 4.74 Å². The summed E-state index contributed by atoms with van der Waals surface area (Å²) >= 11 is 9.60. The van der Waals surface area contributed by atoms with Gasteiger partial charge in [-0.25, -0.2) is 0 Å². The molecule has 1 aromatic carbocycles. The first-order chi connectivity index (χ1) is 8.61. The van der Waals surface area contributed by atoms with Crippen LogP contribution in [0.5, 0.6) is 5.75 Å². The van der Waals surface area contributed by atoms with E-state index in [4.69, 9.17) is 16.3 Å². The maximum absolute atomic E-state index is 6.21. The second-order valence-electron chi connectivity index (χ2n) is 3.90. The molecule has 0 radical (unpaired) electrons. The minimum absolute atomic E-state index is 0.426. The van der Waals surface area contributed by atoms with Crippen molar-refractivity contribution >= 4 is 27.5 Å². The number of ether oxygens (including phenoxy) is 1. The first-order valence-electron chi connectivity index (χ1n) is 5.72. The number of hydrogen-bond acceptors (Lipinski definition) is 2. The molecule has 1 heterocycles. The molecule has 0 aliphatic rings. The molecule has 18 heavy (non-hydrogen) atoms. The Kier molecular flexibility index (Phi) is 4.30. The van der Waals surface area contributed by atoms with Crippen LogP contribution in [-0.4, -0.2) is 9.78 Å². The number of rotatable bonds is 4. The van der Waals surface area contributed by atoms with Gasteiger partial charge in [0, 0.05) is 11.0 Å². The normalized spacial score (nSPS) is 10.7. The lowest BCUT2D eigenvalue weighted by Gasteiger charge is -2.08. The van der Waals surface area contributed by atoms with E-state index in [1.807, 2.05) is 42.8 Å². The van der Waals surface area contributed by atoms with Gasteiger partial charge < -0.3 is 4.74 Å². The smallest absolute Gasteiger partial charge is 0.131 e. The van der Waals surface area contributed by atoms with E-state index in [-0.39, 0.29) is 0 Å². The van der Waals surface area contributed by atoms with Crippen LogP contribution < -0.4 is 4.74 Å². The van der Waals surface area contributed by atoms with Gasteiger partial charge in [0.2, 0.25) is 0 Å². The molecular weight excluding hydrogens is 316 g/mol. The third-order valence-electron chi connectivity index (χ3n) is 2.64. The fourth-order valence-electron chi connectivity index (χ4n) is 1.69. The second-order valence-corrected chi connectivity index (χ2v) is 5.20. The summed E-state index contributed by atoms with van der Waals surface area (Å²) in [6.45, 7) is 5.14. The van der Waals surface area contributed by atoms with Crippen LogP contribution in [-0.2, 0) is 13.2 Å². The van der Waals surface area contributed by atoms with Crippen molar-refractivity contribution in [2.24, 2.45) is 0 Å². The molecule has 96 valence electrons. The van der Waals surface area contributed by atoms with Crippen molar-refractivity contribution in [3.8, 4) is 5.75 Å². The monoisotopic (exact) mass is 328 g/mol. The maximum atomic E-state index is 6.21. The van der Waals surface area contributed by atoms with Gasteiger partial charge in [0.15, 0.2) is 0 Å². The lowest BCUT2D eigenvalue weighted by atomic mass is 10.3. The largest absolute Gasteiger partial charge is 0.487 e. The van der Waals surface area contributed by atoms with Crippen molar-refractivity contribution in [3.63, 3.8) is 0 Å². The number of hydrogen-bond donors (Lipinski definition) is 0. The molecule has 0 amide bonds. The zero-order valence-electron chi connectivity index (χ0n) is 10.3. The van der Waals surface area contributed by atoms with Crippen LogP contribution in [0.25, 0.3) is 0 Å². The fraction of sp³-hybridized carbons (Fsp3) is 0.308. The van der Waals surface area contributed by atoms with Crippen LogP contribution in [0.15, 0.2) is 28.7 Å². The van der Waals surface area contributed by atoms with Crippen LogP contribution in [0.2, 0.25) is 5.02 Å². The van der Waals surface area contributed by atoms with Gasteiger partial charge in [0.05, 0.1) is 16.4 Å². The van der Waals surface area contributed by atoms with E-state index in [2.05, 4.69) is 21.0 Å². The lowest BCUT2D eigenvalue weighted by molar-refractivity contribution is 0.292. The SMILES string of the molecule is CCn1nc(C)c(Cl)c1COc1ccc(Br)cc1. The predicted molar refractivity (Wildman–Crippen MR) is 76.1 cm³/mol. The zero-order chi connectivity index (χ0) is 13.1. The van der Waals surface area contributed by atoms with E-state index in [1.165, 1.54) is 0 Å². The first kappa shape index (κ1) is 13.4. The lowest BCUT2D eigenvalue weighted by Crippen LogP contribution is -2.06. The topological polar surface area (TPSA) is 27.1 Å².